The summed E-state index contributed by atoms with van der Waals surface area (Å²) in [5, 5.41) is 9.44. The lowest BCUT2D eigenvalue weighted by atomic mass is 9.86. The molecule has 0 aliphatic heterocycles. The summed E-state index contributed by atoms with van der Waals surface area (Å²) in [5.74, 6) is -1.73. The lowest BCUT2D eigenvalue weighted by Gasteiger charge is -2.20. The van der Waals surface area contributed by atoms with Gasteiger partial charge < -0.3 is 10.1 Å². The van der Waals surface area contributed by atoms with Crippen LogP contribution in [0.5, 0.6) is 0 Å². The quantitative estimate of drug-likeness (QED) is 0.457. The summed E-state index contributed by atoms with van der Waals surface area (Å²) in [6, 6.07) is 8.06. The first kappa shape index (κ1) is 22.2. The van der Waals surface area contributed by atoms with Crippen LogP contribution in [0.4, 0.5) is 8.78 Å². The number of carbonyl (C=O) groups is 1. The Morgan fingerprint density at radius 2 is 1.84 bits per heavy atom. The Balaban J connectivity index is 1.43. The Kier molecular flexibility index (Phi) is 6.68. The average molecular weight is 439 g/mol. The van der Waals surface area contributed by atoms with Gasteiger partial charge in [0, 0.05) is 23.9 Å². The van der Waals surface area contributed by atoms with Gasteiger partial charge in [-0.3, -0.25) is 0 Å². The smallest absolute Gasteiger partial charge is 0.336 e. The molecule has 1 saturated carbocycles. The highest BCUT2D eigenvalue weighted by molar-refractivity contribution is 5.97. The van der Waals surface area contributed by atoms with Crippen LogP contribution in [0, 0.1) is 24.5 Å². The summed E-state index contributed by atoms with van der Waals surface area (Å²) >= 11 is 0. The predicted molar refractivity (Wildman–Crippen MR) is 120 cm³/mol. The predicted octanol–water partition coefficient (Wildman–Crippen LogP) is 6.27. The van der Waals surface area contributed by atoms with Gasteiger partial charge in [-0.05, 0) is 48.4 Å². The van der Waals surface area contributed by atoms with Crippen molar-refractivity contribution in [1.82, 2.24) is 9.97 Å². The molecule has 0 amide bonds. The molecule has 32 heavy (non-hydrogen) atoms. The molecule has 0 radical (unpaired) electrons. The number of aromatic nitrogens is 2. The number of hydrogen-bond donors (Lipinski definition) is 2. The summed E-state index contributed by atoms with van der Waals surface area (Å²) in [6.07, 6.45) is 11.2. The van der Waals surface area contributed by atoms with Gasteiger partial charge >= 0.3 is 5.97 Å². The van der Waals surface area contributed by atoms with E-state index >= 15 is 0 Å². The molecular formula is C26H28F2N2O2. The topological polar surface area (TPSA) is 66.0 Å². The molecule has 0 saturated heterocycles. The van der Waals surface area contributed by atoms with Crippen molar-refractivity contribution in [2.75, 3.05) is 0 Å². The third-order valence-electron chi connectivity index (χ3n) is 6.49. The van der Waals surface area contributed by atoms with Crippen molar-refractivity contribution in [3.05, 3.63) is 76.4 Å². The number of hydrogen-bond acceptors (Lipinski definition) is 2. The average Bonchev–Trinajstić information content (AvgIpc) is 3.24. The molecule has 1 aromatic heterocycles. The molecule has 6 heteroatoms. The van der Waals surface area contributed by atoms with E-state index in [1.165, 1.54) is 44.7 Å². The number of H-pyrrole nitrogens is 1. The highest BCUT2D eigenvalue weighted by Gasteiger charge is 2.21. The van der Waals surface area contributed by atoms with Crippen LogP contribution in [0.2, 0.25) is 0 Å². The highest BCUT2D eigenvalue weighted by Crippen LogP contribution is 2.31. The molecule has 2 aromatic carbocycles. The largest absolute Gasteiger partial charge is 0.478 e. The Bertz CT molecular complexity index is 1100. The fourth-order valence-electron chi connectivity index (χ4n) is 4.73. The molecule has 1 aliphatic carbocycles. The van der Waals surface area contributed by atoms with E-state index in [0.717, 1.165) is 42.6 Å². The molecule has 0 spiro atoms. The first-order chi connectivity index (χ1) is 15.4. The monoisotopic (exact) mass is 438 g/mol. The molecule has 0 atom stereocenters. The third kappa shape index (κ3) is 4.90. The van der Waals surface area contributed by atoms with Crippen molar-refractivity contribution in [1.29, 1.82) is 0 Å². The van der Waals surface area contributed by atoms with E-state index in [2.05, 4.69) is 9.97 Å². The maximum absolute atomic E-state index is 14.1. The van der Waals surface area contributed by atoms with E-state index in [4.69, 9.17) is 0 Å². The Morgan fingerprint density at radius 1 is 1.12 bits per heavy atom. The second-order valence-corrected chi connectivity index (χ2v) is 8.79. The number of benzene rings is 2. The second kappa shape index (κ2) is 9.63. The minimum absolute atomic E-state index is 0.00349. The lowest BCUT2D eigenvalue weighted by Crippen LogP contribution is -2.09. The van der Waals surface area contributed by atoms with Gasteiger partial charge in [-0.15, -0.1) is 0 Å². The van der Waals surface area contributed by atoms with Crippen LogP contribution in [0.1, 0.15) is 65.1 Å². The Hall–Kier alpha value is -3.02. The van der Waals surface area contributed by atoms with Crippen LogP contribution in [0.25, 0.3) is 11.1 Å². The number of aromatic carboxylic acids is 1. The van der Waals surface area contributed by atoms with E-state index in [-0.39, 0.29) is 16.7 Å². The Labute approximate surface area is 186 Å². The van der Waals surface area contributed by atoms with Gasteiger partial charge in [0.05, 0.1) is 5.56 Å². The summed E-state index contributed by atoms with van der Waals surface area (Å²) in [6.45, 7) is 1.40. The first-order valence-electron chi connectivity index (χ1n) is 11.3. The highest BCUT2D eigenvalue weighted by atomic mass is 19.2. The number of aromatic amines is 1. The molecule has 4 nitrogen and oxygen atoms in total. The van der Waals surface area contributed by atoms with E-state index in [1.54, 1.807) is 12.1 Å². The van der Waals surface area contributed by atoms with Gasteiger partial charge in [0.15, 0.2) is 11.6 Å². The van der Waals surface area contributed by atoms with Crippen LogP contribution in [0.3, 0.4) is 0 Å². The minimum Gasteiger partial charge on any atom is -0.478 e. The molecule has 168 valence electrons. The summed E-state index contributed by atoms with van der Waals surface area (Å²) < 4.78 is 27.8. The van der Waals surface area contributed by atoms with Gasteiger partial charge in [0.2, 0.25) is 0 Å². The van der Waals surface area contributed by atoms with Gasteiger partial charge in [-0.1, -0.05) is 56.4 Å². The molecule has 1 heterocycles. The lowest BCUT2D eigenvalue weighted by molar-refractivity contribution is 0.0697. The summed E-state index contributed by atoms with van der Waals surface area (Å²) in [4.78, 5) is 19.5. The van der Waals surface area contributed by atoms with Crippen LogP contribution >= 0.6 is 0 Å². The normalized spacial score (nSPS) is 14.6. The fourth-order valence-corrected chi connectivity index (χ4v) is 4.73. The molecular weight excluding hydrogens is 410 g/mol. The maximum Gasteiger partial charge on any atom is 0.336 e. The number of rotatable bonds is 7. The van der Waals surface area contributed by atoms with E-state index in [9.17, 15) is 18.7 Å². The number of nitrogens with one attached hydrogen (secondary N) is 1. The number of carboxylic acids is 1. The molecule has 0 bridgehead atoms. The summed E-state index contributed by atoms with van der Waals surface area (Å²) in [7, 11) is 0. The zero-order chi connectivity index (χ0) is 22.7. The number of carboxylic acid groups (broad SMARTS) is 1. The third-order valence-corrected chi connectivity index (χ3v) is 6.49. The maximum atomic E-state index is 14.1. The van der Waals surface area contributed by atoms with E-state index in [0.29, 0.717) is 5.56 Å². The first-order valence-corrected chi connectivity index (χ1v) is 11.3. The van der Waals surface area contributed by atoms with E-state index < -0.39 is 17.6 Å². The van der Waals surface area contributed by atoms with Crippen LogP contribution in [-0.4, -0.2) is 21.0 Å². The van der Waals surface area contributed by atoms with Gasteiger partial charge in [-0.25, -0.2) is 18.6 Å². The number of imidazole rings is 1. The van der Waals surface area contributed by atoms with Crippen molar-refractivity contribution in [2.45, 2.75) is 58.3 Å². The zero-order valence-corrected chi connectivity index (χ0v) is 18.3. The Morgan fingerprint density at radius 3 is 2.53 bits per heavy atom. The molecule has 0 unspecified atom stereocenters. The van der Waals surface area contributed by atoms with Gasteiger partial charge in [0.1, 0.15) is 5.82 Å². The van der Waals surface area contributed by atoms with Crippen molar-refractivity contribution >= 4 is 5.97 Å². The van der Waals surface area contributed by atoms with Crippen LogP contribution in [-0.2, 0) is 19.3 Å². The number of halogens is 2. The number of nitrogens with zero attached hydrogens (tertiary/aromatic N) is 1. The molecule has 2 N–H and O–H groups in total. The molecule has 1 fully saturated rings. The van der Waals surface area contributed by atoms with Gasteiger partial charge in [0.25, 0.3) is 0 Å². The van der Waals surface area contributed by atoms with Crippen molar-refractivity contribution in [2.24, 2.45) is 5.92 Å². The van der Waals surface area contributed by atoms with Crippen molar-refractivity contribution in [3.63, 3.8) is 0 Å². The SMILES string of the molecule is Cc1c(F)c(F)cc(C(=O)O)c1-c1ccc(CCc2ncc(CC3CCCCC3)[nH]2)cc1. The second-order valence-electron chi connectivity index (χ2n) is 8.79. The van der Waals surface area contributed by atoms with Crippen LogP contribution in [0.15, 0.2) is 36.5 Å². The van der Waals surface area contributed by atoms with E-state index in [1.807, 2.05) is 18.3 Å². The molecule has 1 aliphatic rings. The molecule has 4 rings (SSSR count). The van der Waals surface area contributed by atoms with Crippen LogP contribution < -0.4 is 0 Å². The number of aryl methyl sites for hydroxylation is 2. The minimum atomic E-state index is -1.28. The van der Waals surface area contributed by atoms with Gasteiger partial charge in [-0.2, -0.15) is 0 Å². The van der Waals surface area contributed by atoms with Crippen molar-refractivity contribution < 1.29 is 18.7 Å². The standard InChI is InChI=1S/C26H28F2N2O2/c1-16-24(21(26(31)32)14-22(27)25(16)28)19-10-7-17(8-11-19)9-12-23-29-15-20(30-23)13-18-5-3-2-4-6-18/h7-8,10-11,14-15,18H,2-6,9,12-13H2,1H3,(H,29,30)(H,31,32). The van der Waals surface area contributed by atoms with Crippen molar-refractivity contribution in [3.8, 4) is 11.1 Å². The summed E-state index contributed by atoms with van der Waals surface area (Å²) in [5.41, 5.74) is 2.79. The zero-order valence-electron chi connectivity index (χ0n) is 18.3. The molecule has 3 aromatic rings. The fraction of sp³-hybridized carbons (Fsp3) is 0.385.